The van der Waals surface area contributed by atoms with Gasteiger partial charge in [-0.25, -0.2) is 0 Å². The molecule has 13 heavy (non-hydrogen) atoms. The Bertz CT molecular complexity index is 396. The molecule has 0 radical (unpaired) electrons. The first-order chi connectivity index (χ1) is 5.57. The predicted octanol–water partition coefficient (Wildman–Crippen LogP) is 4.02. The van der Waals surface area contributed by atoms with E-state index >= 15 is 0 Å². The van der Waals surface area contributed by atoms with Crippen LogP contribution in [0.4, 0.5) is 0 Å². The van der Waals surface area contributed by atoms with Crippen molar-refractivity contribution in [3.05, 3.63) is 0 Å². The molecule has 0 N–H and O–H groups in total. The molecule has 0 aliphatic carbocycles. The third-order valence-corrected chi connectivity index (χ3v) is 13.5. The summed E-state index contributed by atoms with van der Waals surface area (Å²) in [6, 6.07) is 0. The van der Waals surface area contributed by atoms with Gasteiger partial charge in [0.1, 0.15) is 0 Å². The summed E-state index contributed by atoms with van der Waals surface area (Å²) in [5.41, 5.74) is 0. The van der Waals surface area contributed by atoms with E-state index in [1.165, 1.54) is 7.05 Å². The summed E-state index contributed by atoms with van der Waals surface area (Å²) in [5.74, 6) is -6.33. The molecule has 5 nitrogen and oxygen atoms in total. The molecular formula is CH3Cl4N3O2P2S. The number of hydrogen-bond acceptors (Lipinski definition) is 3. The fourth-order valence-corrected chi connectivity index (χ4v) is 13.0. The van der Waals surface area contributed by atoms with E-state index in [0.29, 0.717) is 0 Å². The molecule has 0 aromatic carbocycles. The molecular weight excluding hydrogens is 322 g/mol. The molecule has 12 heteroatoms. The zero-order chi connectivity index (χ0) is 10.5. The van der Waals surface area contributed by atoms with Crippen molar-refractivity contribution in [2.24, 2.45) is 8.30 Å². The van der Waals surface area contributed by atoms with Gasteiger partial charge in [0.05, 0.1) is 0 Å². The lowest BCUT2D eigenvalue weighted by molar-refractivity contribution is 0.600. The summed E-state index contributed by atoms with van der Waals surface area (Å²) in [6.07, 6.45) is 0. The minimum atomic E-state index is -4.05. The lowest BCUT2D eigenvalue weighted by Crippen LogP contribution is -2.07. The fourth-order valence-electron chi connectivity index (χ4n) is 0.500. The van der Waals surface area contributed by atoms with Gasteiger partial charge in [-0.3, -0.25) is 0 Å². The van der Waals surface area contributed by atoms with E-state index in [1.807, 2.05) is 0 Å². The van der Waals surface area contributed by atoms with Gasteiger partial charge >= 0.3 is 10.2 Å². The highest BCUT2D eigenvalue weighted by atomic mass is 35.9. The molecule has 0 fully saturated rings. The van der Waals surface area contributed by atoms with Gasteiger partial charge in [0.15, 0.2) is 0 Å². The molecule has 0 unspecified atom stereocenters. The zero-order valence-electron chi connectivity index (χ0n) is 5.97. The van der Waals surface area contributed by atoms with Crippen LogP contribution in [0.2, 0.25) is 0 Å². The molecule has 0 aromatic heterocycles. The Morgan fingerprint density at radius 1 is 1.08 bits per heavy atom. The van der Waals surface area contributed by atoms with Gasteiger partial charge in [-0.15, -0.1) is 8.30 Å². The van der Waals surface area contributed by atoms with E-state index in [-0.39, 0.29) is 0 Å². The highest BCUT2D eigenvalue weighted by Gasteiger charge is 2.39. The molecule has 0 aromatic rings. The summed E-state index contributed by atoms with van der Waals surface area (Å²) < 4.78 is 29.4. The number of rotatable bonds is 0. The average molecular weight is 325 g/mol. The van der Waals surface area contributed by atoms with Crippen molar-refractivity contribution in [2.45, 2.75) is 0 Å². The van der Waals surface area contributed by atoms with Gasteiger partial charge in [0.2, 0.25) is 11.8 Å². The van der Waals surface area contributed by atoms with E-state index in [9.17, 15) is 8.42 Å². The largest absolute Gasteiger partial charge is 0.367 e. The second-order valence-corrected chi connectivity index (χ2v) is 14.2. The van der Waals surface area contributed by atoms with Gasteiger partial charge in [-0.05, 0) is 45.0 Å². The Labute approximate surface area is 94.9 Å². The van der Waals surface area contributed by atoms with E-state index in [1.54, 1.807) is 0 Å². The van der Waals surface area contributed by atoms with Crippen molar-refractivity contribution in [1.29, 1.82) is 0 Å². The van der Waals surface area contributed by atoms with Gasteiger partial charge in [0.25, 0.3) is 0 Å². The molecule has 0 bridgehead atoms. The number of halogens is 4. The number of nitrogens with zero attached hydrogens (tertiary/aromatic N) is 3. The summed E-state index contributed by atoms with van der Waals surface area (Å²) in [7, 11) is -2.67. The van der Waals surface area contributed by atoms with E-state index in [0.717, 1.165) is 4.44 Å². The second kappa shape index (κ2) is 3.53. The predicted molar refractivity (Wildman–Crippen MR) is 58.8 cm³/mol. The first-order valence-corrected chi connectivity index (χ1v) is 11.0. The highest BCUT2D eigenvalue weighted by Crippen LogP contribution is 2.81. The van der Waals surface area contributed by atoms with E-state index in [4.69, 9.17) is 45.0 Å². The topological polar surface area (TPSA) is 62.1 Å². The Morgan fingerprint density at radius 3 is 1.69 bits per heavy atom. The molecule has 78 valence electrons. The Balaban J connectivity index is 3.50. The summed E-state index contributed by atoms with van der Waals surface area (Å²) in [4.78, 5) is 0. The van der Waals surface area contributed by atoms with Crippen LogP contribution in [-0.4, -0.2) is 19.9 Å². The van der Waals surface area contributed by atoms with Gasteiger partial charge in [0, 0.05) is 7.05 Å². The summed E-state index contributed by atoms with van der Waals surface area (Å²) >= 11 is 22.6. The molecule has 0 saturated carbocycles. The van der Waals surface area contributed by atoms with Crippen molar-refractivity contribution >= 4 is 67.0 Å². The second-order valence-electron chi connectivity index (χ2n) is 2.01. The molecule has 0 atom stereocenters. The third-order valence-electron chi connectivity index (χ3n) is 1.10. The first-order valence-electron chi connectivity index (χ1n) is 2.62. The molecule has 1 rings (SSSR count). The Hall–Kier alpha value is 1.53. The minimum Gasteiger partial charge on any atom is -0.187 e. The molecule has 1 aliphatic rings. The third kappa shape index (κ3) is 2.76. The Morgan fingerprint density at radius 2 is 1.38 bits per heavy atom. The fraction of sp³-hybridized carbons (Fsp3) is 1.00. The van der Waals surface area contributed by atoms with Crippen LogP contribution in [0.5, 0.6) is 0 Å². The molecule has 1 aliphatic heterocycles. The van der Waals surface area contributed by atoms with Gasteiger partial charge < -0.3 is 0 Å². The van der Waals surface area contributed by atoms with E-state index in [2.05, 4.69) is 8.30 Å². The maximum atomic E-state index is 11.0. The Kier molecular flexibility index (Phi) is 3.42. The van der Waals surface area contributed by atoms with Crippen LogP contribution < -0.4 is 0 Å². The summed E-state index contributed by atoms with van der Waals surface area (Å²) in [5, 5.41) is 0. The zero-order valence-corrected chi connectivity index (χ0v) is 11.6. The SMILES string of the molecule is CN1P(Cl)(Cl)=NS(=O)(=O)N=P1(Cl)Cl. The van der Waals surface area contributed by atoms with Crippen molar-refractivity contribution in [1.82, 2.24) is 4.44 Å². The monoisotopic (exact) mass is 323 g/mol. The molecule has 0 spiro atoms. The molecule has 1 heterocycles. The molecule has 0 saturated heterocycles. The van der Waals surface area contributed by atoms with Crippen molar-refractivity contribution in [3.8, 4) is 0 Å². The molecule has 0 amide bonds. The quantitative estimate of drug-likeness (QED) is 0.632. The van der Waals surface area contributed by atoms with Crippen LogP contribution in [0, 0.1) is 0 Å². The van der Waals surface area contributed by atoms with Gasteiger partial charge in [-0.1, -0.05) is 0 Å². The van der Waals surface area contributed by atoms with Crippen molar-refractivity contribution < 1.29 is 8.42 Å². The summed E-state index contributed by atoms with van der Waals surface area (Å²) in [6.45, 7) is 0. The van der Waals surface area contributed by atoms with Crippen LogP contribution in [0.15, 0.2) is 8.30 Å². The lowest BCUT2D eigenvalue weighted by atomic mass is 11.6. The van der Waals surface area contributed by atoms with Crippen LogP contribution in [0.25, 0.3) is 0 Å². The first kappa shape index (κ1) is 12.6. The normalized spacial score (nSPS) is 30.2. The van der Waals surface area contributed by atoms with Crippen LogP contribution in [-0.2, 0) is 10.2 Å². The van der Waals surface area contributed by atoms with Crippen molar-refractivity contribution in [2.75, 3.05) is 7.05 Å². The highest BCUT2D eigenvalue weighted by molar-refractivity contribution is 8.25. The van der Waals surface area contributed by atoms with Crippen molar-refractivity contribution in [3.63, 3.8) is 0 Å². The van der Waals surface area contributed by atoms with E-state index < -0.39 is 22.0 Å². The maximum Gasteiger partial charge on any atom is 0.367 e. The van der Waals surface area contributed by atoms with Crippen LogP contribution >= 0.6 is 56.8 Å². The van der Waals surface area contributed by atoms with Crippen LogP contribution in [0.1, 0.15) is 0 Å². The van der Waals surface area contributed by atoms with Crippen LogP contribution in [0.3, 0.4) is 0 Å². The average Bonchev–Trinajstić information content (AvgIpc) is 1.77. The maximum absolute atomic E-state index is 11.0. The number of hydrogen-bond donors (Lipinski definition) is 0. The standard InChI is InChI=1S/CH3Cl4N3O2P2S/c1-8-11(2,3)6-13(9,10)7-12(8,4)5/h1H3. The van der Waals surface area contributed by atoms with Gasteiger partial charge in [-0.2, -0.15) is 12.9 Å². The smallest absolute Gasteiger partial charge is 0.187 e. The lowest BCUT2D eigenvalue weighted by Gasteiger charge is -2.28. The minimum absolute atomic E-state index is 1.10.